The average Bonchev–Trinajstić information content (AvgIpc) is 2.48. The van der Waals surface area contributed by atoms with Gasteiger partial charge in [-0.25, -0.2) is 9.59 Å². The Hall–Kier alpha value is -3.06. The van der Waals surface area contributed by atoms with Gasteiger partial charge in [0.15, 0.2) is 0 Å². The molecule has 0 bridgehead atoms. The molecule has 2 rings (SSSR count). The molecule has 4 heteroatoms. The van der Waals surface area contributed by atoms with Crippen molar-refractivity contribution in [3.05, 3.63) is 59.7 Å². The molecule has 2 aromatic carbocycles. The quantitative estimate of drug-likeness (QED) is 0.478. The molecule has 0 amide bonds. The second kappa shape index (κ2) is 6.76. The van der Waals surface area contributed by atoms with Gasteiger partial charge in [-0.3, -0.25) is 0 Å². The summed E-state index contributed by atoms with van der Waals surface area (Å²) in [4.78, 5) is 28.1. The Labute approximate surface area is 115 Å². The van der Waals surface area contributed by atoms with Gasteiger partial charge in [-0.15, -0.1) is 0 Å². The molecule has 0 unspecified atom stereocenters. The van der Waals surface area contributed by atoms with E-state index in [2.05, 4.69) is 9.98 Å². The Morgan fingerprint density at radius 1 is 0.750 bits per heavy atom. The number of hydrogen-bond acceptors (Lipinski definition) is 4. The predicted octanol–water partition coefficient (Wildman–Crippen LogP) is 3.79. The summed E-state index contributed by atoms with van der Waals surface area (Å²) in [5.74, 6) is 0. The lowest BCUT2D eigenvalue weighted by atomic mass is 10.1. The fourth-order valence-electron chi connectivity index (χ4n) is 1.75. The summed E-state index contributed by atoms with van der Waals surface area (Å²) in [6.45, 7) is 0. The maximum Gasteiger partial charge on any atom is 0.240 e. The monoisotopic (exact) mass is 262 g/mol. The summed E-state index contributed by atoms with van der Waals surface area (Å²) in [7, 11) is 0. The van der Waals surface area contributed by atoms with Crippen LogP contribution in [0.5, 0.6) is 0 Å². The first-order valence-electron chi connectivity index (χ1n) is 5.87. The van der Waals surface area contributed by atoms with Crippen LogP contribution >= 0.6 is 0 Å². The number of aliphatic imine (C=N–C) groups is 2. The van der Waals surface area contributed by atoms with Gasteiger partial charge in [-0.1, -0.05) is 42.5 Å². The van der Waals surface area contributed by atoms with Crippen molar-refractivity contribution in [2.45, 2.75) is 0 Å². The third-order valence-corrected chi connectivity index (χ3v) is 2.63. The summed E-state index contributed by atoms with van der Waals surface area (Å²) in [5, 5.41) is 0. The van der Waals surface area contributed by atoms with E-state index in [9.17, 15) is 9.59 Å². The molecule has 2 aromatic rings. The van der Waals surface area contributed by atoms with Crippen molar-refractivity contribution in [1.29, 1.82) is 0 Å². The predicted molar refractivity (Wildman–Crippen MR) is 77.4 cm³/mol. The van der Waals surface area contributed by atoms with Crippen LogP contribution in [0.25, 0.3) is 12.2 Å². The molecule has 4 nitrogen and oxygen atoms in total. The van der Waals surface area contributed by atoms with Gasteiger partial charge >= 0.3 is 0 Å². The lowest BCUT2D eigenvalue weighted by molar-refractivity contribution is 0.565. The van der Waals surface area contributed by atoms with E-state index in [4.69, 9.17) is 0 Å². The van der Waals surface area contributed by atoms with Crippen LogP contribution in [0.4, 0.5) is 11.4 Å². The molecule has 0 aliphatic rings. The van der Waals surface area contributed by atoms with E-state index in [-0.39, 0.29) is 0 Å². The minimum atomic E-state index is 0.406. The van der Waals surface area contributed by atoms with Crippen molar-refractivity contribution < 1.29 is 9.59 Å². The molecule has 0 saturated heterocycles. The maximum absolute atomic E-state index is 10.4. The summed E-state index contributed by atoms with van der Waals surface area (Å²) in [5.41, 5.74) is 2.37. The molecular formula is C16H10N2O2. The Morgan fingerprint density at radius 2 is 1.35 bits per heavy atom. The number of hydrogen-bond donors (Lipinski definition) is 0. The molecule has 0 spiro atoms. The fraction of sp³-hybridized carbons (Fsp3) is 0. The van der Waals surface area contributed by atoms with Crippen molar-refractivity contribution in [2.75, 3.05) is 0 Å². The third-order valence-electron chi connectivity index (χ3n) is 2.63. The highest BCUT2D eigenvalue weighted by atomic mass is 16.1. The molecule has 0 atom stereocenters. The van der Waals surface area contributed by atoms with Crippen LogP contribution in [-0.2, 0) is 9.59 Å². The normalized spacial score (nSPS) is 9.80. The minimum Gasteiger partial charge on any atom is -0.211 e. The average molecular weight is 262 g/mol. The SMILES string of the molecule is O=C=Nc1cccc(N=C=O)c1C=Cc1ccccc1. The molecule has 0 heterocycles. The number of benzene rings is 2. The lowest BCUT2D eigenvalue weighted by Gasteiger charge is -2.02. The maximum atomic E-state index is 10.4. The van der Waals surface area contributed by atoms with E-state index in [0.29, 0.717) is 16.9 Å². The summed E-state index contributed by atoms with van der Waals surface area (Å²) in [6.07, 6.45) is 6.59. The topological polar surface area (TPSA) is 58.9 Å². The largest absolute Gasteiger partial charge is 0.240 e. The Morgan fingerprint density at radius 3 is 1.90 bits per heavy atom. The first-order chi connectivity index (χ1) is 9.85. The number of nitrogens with zero attached hydrogens (tertiary/aromatic N) is 2. The molecule has 0 fully saturated rings. The first-order valence-corrected chi connectivity index (χ1v) is 5.87. The Kier molecular flexibility index (Phi) is 4.52. The number of isocyanates is 2. The smallest absolute Gasteiger partial charge is 0.211 e. The van der Waals surface area contributed by atoms with Crippen molar-refractivity contribution in [3.8, 4) is 0 Å². The second-order valence-corrected chi connectivity index (χ2v) is 3.86. The van der Waals surface area contributed by atoms with E-state index in [1.807, 2.05) is 36.4 Å². The zero-order chi connectivity index (χ0) is 14.2. The fourth-order valence-corrected chi connectivity index (χ4v) is 1.75. The van der Waals surface area contributed by atoms with Gasteiger partial charge in [-0.05, 0) is 23.8 Å². The molecular weight excluding hydrogens is 252 g/mol. The first kappa shape index (κ1) is 13.4. The van der Waals surface area contributed by atoms with Gasteiger partial charge in [0, 0.05) is 5.56 Å². The van der Waals surface area contributed by atoms with Crippen LogP contribution in [0.2, 0.25) is 0 Å². The van der Waals surface area contributed by atoms with Crippen molar-refractivity contribution in [2.24, 2.45) is 9.98 Å². The van der Waals surface area contributed by atoms with Crippen LogP contribution in [0, 0.1) is 0 Å². The van der Waals surface area contributed by atoms with Gasteiger partial charge in [0.2, 0.25) is 12.2 Å². The summed E-state index contributed by atoms with van der Waals surface area (Å²) < 4.78 is 0. The van der Waals surface area contributed by atoms with Crippen LogP contribution in [-0.4, -0.2) is 12.2 Å². The second-order valence-electron chi connectivity index (χ2n) is 3.86. The minimum absolute atomic E-state index is 0.406. The molecule has 0 aromatic heterocycles. The lowest BCUT2D eigenvalue weighted by Crippen LogP contribution is -1.78. The van der Waals surface area contributed by atoms with Gasteiger partial charge in [0.25, 0.3) is 0 Å². The van der Waals surface area contributed by atoms with Gasteiger partial charge in [0.1, 0.15) is 0 Å². The molecule has 0 saturated carbocycles. The van der Waals surface area contributed by atoms with E-state index >= 15 is 0 Å². The summed E-state index contributed by atoms with van der Waals surface area (Å²) in [6, 6.07) is 14.6. The van der Waals surface area contributed by atoms with Crippen LogP contribution in [0.3, 0.4) is 0 Å². The van der Waals surface area contributed by atoms with E-state index in [1.165, 1.54) is 12.2 Å². The zero-order valence-corrected chi connectivity index (χ0v) is 10.5. The Bertz CT molecular complexity index is 687. The van der Waals surface area contributed by atoms with Crippen molar-refractivity contribution in [1.82, 2.24) is 0 Å². The third kappa shape index (κ3) is 3.24. The number of rotatable bonds is 4. The molecule has 96 valence electrons. The van der Waals surface area contributed by atoms with Gasteiger partial charge < -0.3 is 0 Å². The molecule has 20 heavy (non-hydrogen) atoms. The van der Waals surface area contributed by atoms with Crippen LogP contribution in [0.15, 0.2) is 58.5 Å². The van der Waals surface area contributed by atoms with Crippen LogP contribution < -0.4 is 0 Å². The highest BCUT2D eigenvalue weighted by Gasteiger charge is 2.04. The van der Waals surface area contributed by atoms with E-state index in [0.717, 1.165) is 5.56 Å². The highest BCUT2D eigenvalue weighted by Crippen LogP contribution is 2.30. The highest BCUT2D eigenvalue weighted by molar-refractivity contribution is 5.83. The van der Waals surface area contributed by atoms with Crippen molar-refractivity contribution >= 4 is 35.7 Å². The molecule has 0 aliphatic heterocycles. The molecule has 0 radical (unpaired) electrons. The number of carbonyl (C=O) groups excluding carboxylic acids is 2. The van der Waals surface area contributed by atoms with E-state index in [1.54, 1.807) is 24.3 Å². The summed E-state index contributed by atoms with van der Waals surface area (Å²) >= 11 is 0. The molecule has 0 N–H and O–H groups in total. The Balaban J connectivity index is 2.50. The van der Waals surface area contributed by atoms with E-state index < -0.39 is 0 Å². The van der Waals surface area contributed by atoms with Gasteiger partial charge in [-0.2, -0.15) is 9.98 Å². The molecule has 0 aliphatic carbocycles. The van der Waals surface area contributed by atoms with Crippen molar-refractivity contribution in [3.63, 3.8) is 0 Å². The van der Waals surface area contributed by atoms with Gasteiger partial charge in [0.05, 0.1) is 11.4 Å². The zero-order valence-electron chi connectivity index (χ0n) is 10.5. The van der Waals surface area contributed by atoms with Crippen LogP contribution in [0.1, 0.15) is 11.1 Å². The standard InChI is InChI=1S/C16H10N2O2/c19-11-17-15-7-4-8-16(18-12-20)14(15)10-9-13-5-2-1-3-6-13/h1-10H.